The molecule has 0 unspecified atom stereocenters. The molecule has 0 spiro atoms. The SMILES string of the molecule is COc1ccc(COC(=O)N/N=C(\C)CC(=O)Nc2cccc(C(F)(F)F)c2)cc1. The Morgan fingerprint density at radius 1 is 1.10 bits per heavy atom. The zero-order valence-corrected chi connectivity index (χ0v) is 16.2. The number of rotatable bonds is 7. The molecule has 0 aromatic heterocycles. The maximum absolute atomic E-state index is 12.7. The number of ether oxygens (including phenoxy) is 2. The first-order valence-electron chi connectivity index (χ1n) is 8.73. The quantitative estimate of drug-likeness (QED) is 0.512. The van der Waals surface area contributed by atoms with E-state index in [0.29, 0.717) is 5.75 Å². The van der Waals surface area contributed by atoms with E-state index in [1.165, 1.54) is 19.1 Å². The minimum atomic E-state index is -4.51. The molecule has 30 heavy (non-hydrogen) atoms. The van der Waals surface area contributed by atoms with Crippen molar-refractivity contribution in [2.75, 3.05) is 12.4 Å². The molecule has 7 nitrogen and oxygen atoms in total. The number of nitrogens with one attached hydrogen (secondary N) is 2. The molecule has 2 rings (SSSR count). The summed E-state index contributed by atoms with van der Waals surface area (Å²) in [6, 6.07) is 11.2. The molecule has 2 N–H and O–H groups in total. The van der Waals surface area contributed by atoms with Crippen molar-refractivity contribution in [3.63, 3.8) is 0 Å². The number of benzene rings is 2. The van der Waals surface area contributed by atoms with Gasteiger partial charge in [-0.2, -0.15) is 18.3 Å². The van der Waals surface area contributed by atoms with Gasteiger partial charge in [-0.15, -0.1) is 0 Å². The molecule has 0 heterocycles. The number of nitrogens with zero attached hydrogens (tertiary/aromatic N) is 1. The van der Waals surface area contributed by atoms with Crippen LogP contribution >= 0.6 is 0 Å². The van der Waals surface area contributed by atoms with Crippen LogP contribution in [0.4, 0.5) is 23.7 Å². The molecule has 0 saturated carbocycles. The normalized spacial score (nSPS) is 11.6. The van der Waals surface area contributed by atoms with Crippen LogP contribution in [-0.4, -0.2) is 24.8 Å². The van der Waals surface area contributed by atoms with Crippen LogP contribution in [0.5, 0.6) is 5.75 Å². The van der Waals surface area contributed by atoms with Crippen molar-refractivity contribution >= 4 is 23.4 Å². The highest BCUT2D eigenvalue weighted by Gasteiger charge is 2.30. The molecule has 0 aliphatic rings. The lowest BCUT2D eigenvalue weighted by molar-refractivity contribution is -0.137. The lowest BCUT2D eigenvalue weighted by atomic mass is 10.2. The molecular weight excluding hydrogens is 403 g/mol. The minimum Gasteiger partial charge on any atom is -0.497 e. The van der Waals surface area contributed by atoms with Gasteiger partial charge in [0.2, 0.25) is 5.91 Å². The molecule has 2 aromatic rings. The maximum atomic E-state index is 12.7. The highest BCUT2D eigenvalue weighted by Crippen LogP contribution is 2.30. The van der Waals surface area contributed by atoms with Crippen LogP contribution in [0, 0.1) is 0 Å². The minimum absolute atomic E-state index is 0.00878. The van der Waals surface area contributed by atoms with E-state index in [0.717, 1.165) is 17.7 Å². The summed E-state index contributed by atoms with van der Waals surface area (Å²) in [5.41, 5.74) is 2.27. The second-order valence-corrected chi connectivity index (χ2v) is 6.19. The first-order valence-corrected chi connectivity index (χ1v) is 8.73. The van der Waals surface area contributed by atoms with Gasteiger partial charge in [0.25, 0.3) is 0 Å². The highest BCUT2D eigenvalue weighted by molar-refractivity contribution is 6.05. The van der Waals surface area contributed by atoms with Gasteiger partial charge in [-0.05, 0) is 42.8 Å². The van der Waals surface area contributed by atoms with Gasteiger partial charge in [-0.25, -0.2) is 10.2 Å². The number of amides is 2. The Kier molecular flexibility index (Phi) is 7.79. The molecule has 0 bridgehead atoms. The third-order valence-electron chi connectivity index (χ3n) is 3.76. The molecule has 0 aliphatic carbocycles. The van der Waals surface area contributed by atoms with Crippen LogP contribution in [0.1, 0.15) is 24.5 Å². The lowest BCUT2D eigenvalue weighted by Gasteiger charge is -2.10. The van der Waals surface area contributed by atoms with Crippen molar-refractivity contribution in [3.05, 3.63) is 59.7 Å². The maximum Gasteiger partial charge on any atom is 0.428 e. The van der Waals surface area contributed by atoms with Crippen molar-refractivity contribution in [2.24, 2.45) is 5.10 Å². The van der Waals surface area contributed by atoms with E-state index in [2.05, 4.69) is 15.8 Å². The fourth-order valence-electron chi connectivity index (χ4n) is 2.29. The zero-order valence-electron chi connectivity index (χ0n) is 16.2. The number of hydrazone groups is 1. The fraction of sp³-hybridized carbons (Fsp3) is 0.250. The number of hydrogen-bond donors (Lipinski definition) is 2. The number of anilines is 1. The van der Waals surface area contributed by atoms with Gasteiger partial charge < -0.3 is 14.8 Å². The van der Waals surface area contributed by atoms with E-state index >= 15 is 0 Å². The number of methoxy groups -OCH3 is 1. The molecule has 160 valence electrons. The molecule has 2 aromatic carbocycles. The average molecular weight is 423 g/mol. The topological polar surface area (TPSA) is 89.0 Å². The van der Waals surface area contributed by atoms with Crippen molar-refractivity contribution < 1.29 is 32.2 Å². The number of hydrogen-bond acceptors (Lipinski definition) is 5. The summed E-state index contributed by atoms with van der Waals surface area (Å²) >= 11 is 0. The summed E-state index contributed by atoms with van der Waals surface area (Å²) in [7, 11) is 1.54. The molecule has 0 aliphatic heterocycles. The van der Waals surface area contributed by atoms with Gasteiger partial charge in [-0.1, -0.05) is 18.2 Å². The largest absolute Gasteiger partial charge is 0.497 e. The Morgan fingerprint density at radius 3 is 2.43 bits per heavy atom. The van der Waals surface area contributed by atoms with Crippen molar-refractivity contribution in [2.45, 2.75) is 26.1 Å². The number of halogens is 3. The van der Waals surface area contributed by atoms with E-state index in [9.17, 15) is 22.8 Å². The number of carbonyl (C=O) groups is 2. The third kappa shape index (κ3) is 7.46. The Labute approximate surface area is 170 Å². The van der Waals surface area contributed by atoms with Crippen LogP contribution in [0.25, 0.3) is 0 Å². The average Bonchev–Trinajstić information content (AvgIpc) is 2.70. The summed E-state index contributed by atoms with van der Waals surface area (Å²) in [5.74, 6) is 0.0933. The Bertz CT molecular complexity index is 912. The number of alkyl halides is 3. The summed E-state index contributed by atoms with van der Waals surface area (Å²) in [4.78, 5) is 23.6. The molecule has 10 heteroatoms. The summed E-state index contributed by atoms with van der Waals surface area (Å²) in [5, 5.41) is 6.09. The Hall–Kier alpha value is -3.56. The summed E-state index contributed by atoms with van der Waals surface area (Å²) in [6.07, 6.45) is -5.55. The van der Waals surface area contributed by atoms with Crippen LogP contribution in [0.15, 0.2) is 53.6 Å². The molecule has 0 radical (unpaired) electrons. The van der Waals surface area contributed by atoms with Gasteiger partial charge in [0.1, 0.15) is 12.4 Å². The summed E-state index contributed by atoms with van der Waals surface area (Å²) < 4.78 is 48.1. The van der Waals surface area contributed by atoms with Gasteiger partial charge in [0.05, 0.1) is 19.1 Å². The molecule has 0 fully saturated rings. The predicted octanol–water partition coefficient (Wildman–Crippen LogP) is 4.34. The highest BCUT2D eigenvalue weighted by atomic mass is 19.4. The molecule has 0 atom stereocenters. The van der Waals surface area contributed by atoms with Gasteiger partial charge in [0.15, 0.2) is 0 Å². The van der Waals surface area contributed by atoms with Crippen molar-refractivity contribution in [3.8, 4) is 5.75 Å². The van der Waals surface area contributed by atoms with Crippen LogP contribution in [0.3, 0.4) is 0 Å². The van der Waals surface area contributed by atoms with Gasteiger partial charge in [0, 0.05) is 11.4 Å². The third-order valence-corrected chi connectivity index (χ3v) is 3.76. The van der Waals surface area contributed by atoms with E-state index in [4.69, 9.17) is 9.47 Å². The monoisotopic (exact) mass is 423 g/mol. The fourth-order valence-corrected chi connectivity index (χ4v) is 2.29. The first-order chi connectivity index (χ1) is 14.2. The van der Waals surface area contributed by atoms with Crippen molar-refractivity contribution in [1.29, 1.82) is 0 Å². The van der Waals surface area contributed by atoms with Crippen molar-refractivity contribution in [1.82, 2.24) is 5.43 Å². The van der Waals surface area contributed by atoms with Gasteiger partial charge >= 0.3 is 12.3 Å². The van der Waals surface area contributed by atoms with Crippen LogP contribution < -0.4 is 15.5 Å². The van der Waals surface area contributed by atoms with E-state index in [1.807, 2.05) is 0 Å². The molecule has 2 amide bonds. The Morgan fingerprint density at radius 2 is 1.80 bits per heavy atom. The second-order valence-electron chi connectivity index (χ2n) is 6.19. The van der Waals surface area contributed by atoms with Gasteiger partial charge in [-0.3, -0.25) is 4.79 Å². The predicted molar refractivity (Wildman–Crippen MR) is 104 cm³/mol. The Balaban J connectivity index is 1.79. The second kappa shape index (κ2) is 10.3. The molecular formula is C20H20F3N3O4. The standard InChI is InChI=1S/C20H20F3N3O4/c1-13(10-18(27)24-16-5-3-4-15(11-16)20(21,22)23)25-26-19(28)30-12-14-6-8-17(29-2)9-7-14/h3-9,11H,10,12H2,1-2H3,(H,24,27)(H,26,28)/b25-13+. The van der Waals surface area contributed by atoms with E-state index in [-0.39, 0.29) is 24.4 Å². The molecule has 0 saturated heterocycles. The van der Waals surface area contributed by atoms with Crippen LogP contribution in [0.2, 0.25) is 0 Å². The zero-order chi connectivity index (χ0) is 22.1. The number of carbonyl (C=O) groups excluding carboxylic acids is 2. The van der Waals surface area contributed by atoms with E-state index < -0.39 is 23.7 Å². The van der Waals surface area contributed by atoms with E-state index in [1.54, 1.807) is 31.4 Å². The summed E-state index contributed by atoms with van der Waals surface area (Å²) in [6.45, 7) is 1.50. The first kappa shape index (κ1) is 22.7. The lowest BCUT2D eigenvalue weighted by Crippen LogP contribution is -2.22. The van der Waals surface area contributed by atoms with Crippen LogP contribution in [-0.2, 0) is 22.3 Å². The smallest absolute Gasteiger partial charge is 0.428 e.